The Morgan fingerprint density at radius 3 is 2.27 bits per heavy atom. The molecule has 1 aliphatic heterocycles. The maximum atomic E-state index is 13.3. The predicted molar refractivity (Wildman–Crippen MR) is 199 cm³/mol. The van der Waals surface area contributed by atoms with Crippen LogP contribution in [0.3, 0.4) is 0 Å². The van der Waals surface area contributed by atoms with E-state index in [1.54, 1.807) is 18.0 Å². The minimum Gasteiger partial charge on any atom is -0.481 e. The van der Waals surface area contributed by atoms with Crippen molar-refractivity contribution in [2.45, 2.75) is 65.6 Å². The van der Waals surface area contributed by atoms with Gasteiger partial charge in [-0.15, -0.1) is 0 Å². The molecule has 1 N–H and O–H groups in total. The lowest BCUT2D eigenvalue weighted by Gasteiger charge is -2.29. The predicted octanol–water partition coefficient (Wildman–Crippen LogP) is 8.04. The Bertz CT molecular complexity index is 2230. The van der Waals surface area contributed by atoms with Crippen LogP contribution >= 0.6 is 23.2 Å². The molecule has 0 saturated carbocycles. The van der Waals surface area contributed by atoms with Crippen LogP contribution in [-0.2, 0) is 16.1 Å². The molecule has 4 heterocycles. The van der Waals surface area contributed by atoms with E-state index >= 15 is 0 Å². The Hall–Kier alpha value is -4.93. The van der Waals surface area contributed by atoms with Gasteiger partial charge < -0.3 is 19.7 Å². The maximum absolute atomic E-state index is 13.3. The number of ether oxygens (including phenoxy) is 2. The van der Waals surface area contributed by atoms with E-state index in [0.717, 1.165) is 16.7 Å². The van der Waals surface area contributed by atoms with Crippen molar-refractivity contribution in [3.63, 3.8) is 0 Å². The van der Waals surface area contributed by atoms with E-state index in [-0.39, 0.29) is 30.6 Å². The van der Waals surface area contributed by atoms with E-state index in [1.165, 1.54) is 11.5 Å². The number of carbonyl (C=O) groups excluding carboxylic acids is 2. The van der Waals surface area contributed by atoms with Gasteiger partial charge in [-0.3, -0.25) is 14.0 Å². The van der Waals surface area contributed by atoms with E-state index in [4.69, 9.17) is 37.7 Å². The first-order valence-corrected chi connectivity index (χ1v) is 17.4. The van der Waals surface area contributed by atoms with Crippen molar-refractivity contribution in [1.29, 1.82) is 0 Å². The minimum absolute atomic E-state index is 0.0333. The highest BCUT2D eigenvalue weighted by molar-refractivity contribution is 6.39. The number of hydrogen-bond acceptors (Lipinski definition) is 7. The maximum Gasteiger partial charge on any atom is 0.410 e. The number of nitrogens with zero attached hydrogens (tertiary/aromatic N) is 4. The lowest BCUT2D eigenvalue weighted by Crippen LogP contribution is -2.43. The summed E-state index contributed by atoms with van der Waals surface area (Å²) in [6.07, 6.45) is 2.27. The van der Waals surface area contributed by atoms with Gasteiger partial charge in [0, 0.05) is 64.3 Å². The molecular formula is C39H39Cl2N5O5. The molecule has 2 aromatic carbocycles. The number of rotatable bonds is 8. The van der Waals surface area contributed by atoms with E-state index in [1.807, 2.05) is 88.4 Å². The lowest BCUT2D eigenvalue weighted by molar-refractivity contribution is -0.119. The second-order valence-corrected chi connectivity index (χ2v) is 14.4. The summed E-state index contributed by atoms with van der Waals surface area (Å²) in [4.78, 5) is 48.9. The number of aryl methyl sites for hydroxylation is 1. The summed E-state index contributed by atoms with van der Waals surface area (Å²) in [5.41, 5.74) is 5.92. The normalized spacial score (nSPS) is 14.4. The Kier molecular flexibility index (Phi) is 10.1. The number of halogens is 2. The van der Waals surface area contributed by atoms with Crippen LogP contribution in [0.5, 0.6) is 5.88 Å². The largest absolute Gasteiger partial charge is 0.481 e. The molecule has 264 valence electrons. The van der Waals surface area contributed by atoms with E-state index in [0.29, 0.717) is 68.1 Å². The van der Waals surface area contributed by atoms with Crippen LogP contribution in [0.15, 0.2) is 71.7 Å². The number of methoxy groups -OCH3 is 1. The molecule has 1 aliphatic rings. The zero-order chi connectivity index (χ0) is 36.6. The third kappa shape index (κ3) is 7.57. The number of aromatic nitrogens is 3. The first kappa shape index (κ1) is 35.9. The summed E-state index contributed by atoms with van der Waals surface area (Å²) in [5.74, 6) is 0.293. The monoisotopic (exact) mass is 727 g/mol. The molecule has 0 aliphatic carbocycles. The van der Waals surface area contributed by atoms with Gasteiger partial charge in [-0.1, -0.05) is 59.6 Å². The second kappa shape index (κ2) is 14.4. The molecule has 0 unspecified atom stereocenters. The molecule has 51 heavy (non-hydrogen) atoms. The third-order valence-electron chi connectivity index (χ3n) is 8.84. The van der Waals surface area contributed by atoms with E-state index < -0.39 is 11.7 Å². The van der Waals surface area contributed by atoms with Gasteiger partial charge in [-0.2, -0.15) is 0 Å². The first-order chi connectivity index (χ1) is 24.2. The summed E-state index contributed by atoms with van der Waals surface area (Å²) >= 11 is 14.2. The molecular weight excluding hydrogens is 689 g/mol. The molecule has 6 rings (SSSR count). The standard InChI is InChI=1S/C39H39Cl2N5O5/c1-22-23(2)42-32-19-24(17-18-46(32)37(22)48)27-9-7-10-28(34(27)40)29-11-8-12-30(35(29)41)31-15-13-25(36(44-31)50-6)20-45(38(49)51-39(3,4)5)21-26-14-16-33(47)43-26/h7-13,15,17-19,26H,14,16,20-21H2,1-6H3,(H,43,47)/t26-/m0/s1. The summed E-state index contributed by atoms with van der Waals surface area (Å²) in [6, 6.07) is 18.6. The van der Waals surface area contributed by atoms with Gasteiger partial charge in [0.05, 0.1) is 29.4 Å². The van der Waals surface area contributed by atoms with Crippen molar-refractivity contribution in [2.24, 2.45) is 0 Å². The molecule has 3 aromatic heterocycles. The fourth-order valence-electron chi connectivity index (χ4n) is 6.14. The van der Waals surface area contributed by atoms with Crippen LogP contribution in [0.4, 0.5) is 4.79 Å². The van der Waals surface area contributed by atoms with Crippen LogP contribution in [0.2, 0.25) is 10.0 Å². The molecule has 1 saturated heterocycles. The molecule has 0 spiro atoms. The van der Waals surface area contributed by atoms with Gasteiger partial charge in [0.25, 0.3) is 5.56 Å². The minimum atomic E-state index is -0.698. The fraction of sp³-hybridized carbons (Fsp3) is 0.308. The zero-order valence-corrected chi connectivity index (χ0v) is 30.9. The van der Waals surface area contributed by atoms with Gasteiger partial charge in [-0.05, 0) is 70.9 Å². The quantitative estimate of drug-likeness (QED) is 0.172. The highest BCUT2D eigenvalue weighted by atomic mass is 35.5. The van der Waals surface area contributed by atoms with Crippen molar-refractivity contribution in [3.05, 3.63) is 104 Å². The SMILES string of the molecule is COc1nc(-c2cccc(-c3cccc(-c4ccn5c(=O)c(C)c(C)nc5c4)c3Cl)c2Cl)ccc1CN(C[C@@H]1CCC(=O)N1)C(=O)OC(C)(C)C. The van der Waals surface area contributed by atoms with Crippen molar-refractivity contribution < 1.29 is 19.1 Å². The smallest absolute Gasteiger partial charge is 0.410 e. The van der Waals surface area contributed by atoms with Crippen LogP contribution in [0, 0.1) is 13.8 Å². The molecule has 5 aromatic rings. The Labute approximate surface area is 306 Å². The molecule has 1 fully saturated rings. The Morgan fingerprint density at radius 2 is 1.63 bits per heavy atom. The highest BCUT2D eigenvalue weighted by Gasteiger charge is 2.29. The van der Waals surface area contributed by atoms with Crippen LogP contribution < -0.4 is 15.6 Å². The van der Waals surface area contributed by atoms with E-state index in [9.17, 15) is 14.4 Å². The molecule has 0 radical (unpaired) electrons. The molecule has 0 bridgehead atoms. The van der Waals surface area contributed by atoms with Crippen molar-refractivity contribution in [1.82, 2.24) is 24.6 Å². The van der Waals surface area contributed by atoms with Gasteiger partial charge in [0.1, 0.15) is 11.2 Å². The number of amides is 2. The number of hydrogen-bond donors (Lipinski definition) is 1. The van der Waals surface area contributed by atoms with E-state index in [2.05, 4.69) is 10.3 Å². The van der Waals surface area contributed by atoms with Gasteiger partial charge in [-0.25, -0.2) is 14.8 Å². The Morgan fingerprint density at radius 1 is 0.961 bits per heavy atom. The van der Waals surface area contributed by atoms with Crippen molar-refractivity contribution >= 4 is 40.8 Å². The molecule has 12 heteroatoms. The van der Waals surface area contributed by atoms with Crippen molar-refractivity contribution in [2.75, 3.05) is 13.7 Å². The molecule has 2 amide bonds. The van der Waals surface area contributed by atoms with Gasteiger partial charge in [0.2, 0.25) is 11.8 Å². The number of benzene rings is 2. The third-order valence-corrected chi connectivity index (χ3v) is 9.66. The molecule has 1 atom stereocenters. The summed E-state index contributed by atoms with van der Waals surface area (Å²) in [7, 11) is 1.52. The number of carbonyl (C=O) groups is 2. The molecule has 10 nitrogen and oxygen atoms in total. The Balaban J connectivity index is 1.32. The van der Waals surface area contributed by atoms with Crippen molar-refractivity contribution in [3.8, 4) is 39.4 Å². The average Bonchev–Trinajstić information content (AvgIpc) is 3.50. The zero-order valence-electron chi connectivity index (χ0n) is 29.3. The second-order valence-electron chi connectivity index (χ2n) is 13.6. The average molecular weight is 729 g/mol. The summed E-state index contributed by atoms with van der Waals surface area (Å²) in [5, 5.41) is 3.87. The number of fused-ring (bicyclic) bond motifs is 1. The summed E-state index contributed by atoms with van der Waals surface area (Å²) < 4.78 is 12.9. The van der Waals surface area contributed by atoms with Crippen LogP contribution in [0.1, 0.15) is 50.4 Å². The fourth-order valence-corrected chi connectivity index (χ4v) is 6.80. The first-order valence-electron chi connectivity index (χ1n) is 16.6. The number of pyridine rings is 2. The van der Waals surface area contributed by atoms with Crippen LogP contribution in [0.25, 0.3) is 39.2 Å². The van der Waals surface area contributed by atoms with Gasteiger partial charge in [0.15, 0.2) is 0 Å². The highest BCUT2D eigenvalue weighted by Crippen LogP contribution is 2.42. The summed E-state index contributed by atoms with van der Waals surface area (Å²) in [6.45, 7) is 9.46. The van der Waals surface area contributed by atoms with Crippen LogP contribution in [-0.4, -0.2) is 56.6 Å². The number of nitrogens with one attached hydrogen (secondary N) is 1. The lowest BCUT2D eigenvalue weighted by atomic mass is 9.97. The van der Waals surface area contributed by atoms with Gasteiger partial charge >= 0.3 is 6.09 Å². The topological polar surface area (TPSA) is 115 Å².